The number of hydrogen-bond donors (Lipinski definition) is 1. The molecule has 1 heterocycles. The van der Waals surface area contributed by atoms with Crippen molar-refractivity contribution in [2.75, 3.05) is 11.1 Å². The molecule has 3 nitrogen and oxygen atoms in total. The second kappa shape index (κ2) is 5.21. The van der Waals surface area contributed by atoms with Crippen molar-refractivity contribution in [1.82, 2.24) is 0 Å². The van der Waals surface area contributed by atoms with Crippen LogP contribution in [0.2, 0.25) is 5.02 Å². The highest BCUT2D eigenvalue weighted by Crippen LogP contribution is 2.32. The number of nitrogens with one attached hydrogen (secondary N) is 1. The minimum atomic E-state index is 0.00626. The number of nitriles is 1. The van der Waals surface area contributed by atoms with Gasteiger partial charge >= 0.3 is 0 Å². The van der Waals surface area contributed by atoms with Crippen LogP contribution in [-0.4, -0.2) is 16.5 Å². The van der Waals surface area contributed by atoms with Crippen LogP contribution in [0.5, 0.6) is 0 Å². The summed E-state index contributed by atoms with van der Waals surface area (Å²) in [6, 6.07) is 7.27. The highest BCUT2D eigenvalue weighted by Gasteiger charge is 2.28. The number of halogens is 1. The second-order valence-electron chi connectivity index (χ2n) is 4.49. The molecule has 1 aliphatic heterocycles. The first-order valence-electron chi connectivity index (χ1n) is 5.75. The van der Waals surface area contributed by atoms with Crippen molar-refractivity contribution in [1.29, 1.82) is 5.26 Å². The molecule has 0 amide bonds. The van der Waals surface area contributed by atoms with Gasteiger partial charge in [-0.05, 0) is 31.5 Å². The molecule has 0 bridgehead atoms. The SMILES string of the molecule is CCC1(C)CSC(Nc2cc(C#N)ccc2Cl)=N1. The van der Waals surface area contributed by atoms with Gasteiger partial charge in [-0.25, -0.2) is 0 Å². The molecule has 0 saturated heterocycles. The molecule has 5 heteroatoms. The predicted molar refractivity (Wildman–Crippen MR) is 78.4 cm³/mol. The first kappa shape index (κ1) is 13.3. The smallest absolute Gasteiger partial charge is 0.161 e. The minimum absolute atomic E-state index is 0.00626. The molecule has 1 unspecified atom stereocenters. The van der Waals surface area contributed by atoms with E-state index in [0.717, 1.165) is 23.0 Å². The van der Waals surface area contributed by atoms with Crippen LogP contribution in [0.1, 0.15) is 25.8 Å². The van der Waals surface area contributed by atoms with Crippen LogP contribution in [0.25, 0.3) is 0 Å². The van der Waals surface area contributed by atoms with Gasteiger partial charge in [0.25, 0.3) is 0 Å². The van der Waals surface area contributed by atoms with Crippen molar-refractivity contribution in [2.24, 2.45) is 4.99 Å². The van der Waals surface area contributed by atoms with E-state index in [9.17, 15) is 0 Å². The molecular weight excluding hydrogens is 266 g/mol. The maximum Gasteiger partial charge on any atom is 0.161 e. The molecule has 0 aromatic heterocycles. The maximum absolute atomic E-state index is 8.88. The standard InChI is InChI=1S/C13H14ClN3S/c1-3-13(2)8-18-12(17-13)16-11-6-9(7-15)4-5-10(11)14/h4-6H,3,8H2,1-2H3,(H,16,17). The molecule has 0 radical (unpaired) electrons. The zero-order chi connectivity index (χ0) is 13.2. The van der Waals surface area contributed by atoms with Gasteiger partial charge in [-0.2, -0.15) is 5.26 Å². The predicted octanol–water partition coefficient (Wildman–Crippen LogP) is 3.90. The Morgan fingerprint density at radius 1 is 1.61 bits per heavy atom. The van der Waals surface area contributed by atoms with Crippen molar-refractivity contribution in [3.63, 3.8) is 0 Å². The van der Waals surface area contributed by atoms with Gasteiger partial charge in [0.05, 0.1) is 27.9 Å². The van der Waals surface area contributed by atoms with Gasteiger partial charge in [0, 0.05) is 5.75 Å². The third-order valence-electron chi connectivity index (χ3n) is 2.99. The Labute approximate surface area is 116 Å². The number of thioether (sulfide) groups is 1. The lowest BCUT2D eigenvalue weighted by atomic mass is 10.0. The number of anilines is 1. The van der Waals surface area contributed by atoms with Gasteiger partial charge in [0.15, 0.2) is 5.17 Å². The van der Waals surface area contributed by atoms with E-state index >= 15 is 0 Å². The van der Waals surface area contributed by atoms with E-state index in [-0.39, 0.29) is 5.54 Å². The second-order valence-corrected chi connectivity index (χ2v) is 5.86. The van der Waals surface area contributed by atoms with Gasteiger partial charge in [-0.3, -0.25) is 4.99 Å². The first-order valence-corrected chi connectivity index (χ1v) is 7.12. The van der Waals surface area contributed by atoms with E-state index < -0.39 is 0 Å². The summed E-state index contributed by atoms with van der Waals surface area (Å²) in [5.41, 5.74) is 1.33. The lowest BCUT2D eigenvalue weighted by Crippen LogP contribution is -2.20. The van der Waals surface area contributed by atoms with Crippen molar-refractivity contribution in [2.45, 2.75) is 25.8 Å². The topological polar surface area (TPSA) is 48.2 Å². The van der Waals surface area contributed by atoms with Gasteiger partial charge in [-0.15, -0.1) is 0 Å². The number of amidine groups is 1. The summed E-state index contributed by atoms with van der Waals surface area (Å²) in [4.78, 5) is 4.66. The largest absolute Gasteiger partial charge is 0.334 e. The molecule has 1 aliphatic rings. The van der Waals surface area contributed by atoms with Crippen molar-refractivity contribution < 1.29 is 0 Å². The molecule has 0 fully saturated rings. The van der Waals surface area contributed by atoms with E-state index in [2.05, 4.69) is 30.2 Å². The van der Waals surface area contributed by atoms with Crippen LogP contribution in [0, 0.1) is 11.3 Å². The van der Waals surface area contributed by atoms with E-state index in [1.807, 2.05) is 0 Å². The fourth-order valence-corrected chi connectivity index (χ4v) is 2.93. The van der Waals surface area contributed by atoms with Gasteiger partial charge in [0.1, 0.15) is 0 Å². The monoisotopic (exact) mass is 279 g/mol. The van der Waals surface area contributed by atoms with Crippen LogP contribution in [0.4, 0.5) is 5.69 Å². The zero-order valence-electron chi connectivity index (χ0n) is 10.3. The van der Waals surface area contributed by atoms with E-state index in [1.54, 1.807) is 30.0 Å². The third kappa shape index (κ3) is 2.80. The van der Waals surface area contributed by atoms with E-state index in [0.29, 0.717) is 10.6 Å². The van der Waals surface area contributed by atoms with Crippen LogP contribution >= 0.6 is 23.4 Å². The number of nitrogens with zero attached hydrogens (tertiary/aromatic N) is 2. The molecule has 1 N–H and O–H groups in total. The first-order chi connectivity index (χ1) is 8.56. The summed E-state index contributed by atoms with van der Waals surface area (Å²) in [5.74, 6) is 0.974. The number of hydrogen-bond acceptors (Lipinski definition) is 4. The van der Waals surface area contributed by atoms with Gasteiger partial charge in [-0.1, -0.05) is 30.3 Å². The summed E-state index contributed by atoms with van der Waals surface area (Å²) in [7, 11) is 0. The molecule has 1 aromatic carbocycles. The van der Waals surface area contributed by atoms with Crippen LogP contribution in [0.3, 0.4) is 0 Å². The van der Waals surface area contributed by atoms with Crippen molar-refractivity contribution in [3.8, 4) is 6.07 Å². The summed E-state index contributed by atoms with van der Waals surface area (Å²) in [5, 5.41) is 13.6. The number of aliphatic imine (C=N–C) groups is 1. The normalized spacial score (nSPS) is 22.4. The Kier molecular flexibility index (Phi) is 3.84. The summed E-state index contributed by atoms with van der Waals surface area (Å²) in [6.07, 6.45) is 1.01. The lowest BCUT2D eigenvalue weighted by Gasteiger charge is -2.15. The fourth-order valence-electron chi connectivity index (χ4n) is 1.58. The fraction of sp³-hybridized carbons (Fsp3) is 0.385. The Bertz CT molecular complexity index is 536. The summed E-state index contributed by atoms with van der Waals surface area (Å²) >= 11 is 7.79. The molecular formula is C13H14ClN3S. The molecule has 2 rings (SSSR count). The number of benzene rings is 1. The zero-order valence-corrected chi connectivity index (χ0v) is 11.9. The molecule has 1 aromatic rings. The molecule has 0 spiro atoms. The van der Waals surface area contributed by atoms with E-state index in [1.165, 1.54) is 0 Å². The summed E-state index contributed by atoms with van der Waals surface area (Å²) in [6.45, 7) is 4.28. The molecule has 18 heavy (non-hydrogen) atoms. The highest BCUT2D eigenvalue weighted by molar-refractivity contribution is 8.14. The molecule has 0 saturated carbocycles. The Balaban J connectivity index is 2.21. The maximum atomic E-state index is 8.88. The molecule has 1 atom stereocenters. The Morgan fingerprint density at radius 2 is 2.39 bits per heavy atom. The quantitative estimate of drug-likeness (QED) is 0.893. The van der Waals surface area contributed by atoms with Crippen molar-refractivity contribution in [3.05, 3.63) is 28.8 Å². The Morgan fingerprint density at radius 3 is 3.00 bits per heavy atom. The number of rotatable bonds is 2. The van der Waals surface area contributed by atoms with Gasteiger partial charge < -0.3 is 5.32 Å². The van der Waals surface area contributed by atoms with E-state index in [4.69, 9.17) is 16.9 Å². The minimum Gasteiger partial charge on any atom is -0.334 e. The average Bonchev–Trinajstić information content (AvgIpc) is 2.75. The average molecular weight is 280 g/mol. The van der Waals surface area contributed by atoms with Crippen LogP contribution < -0.4 is 5.32 Å². The lowest BCUT2D eigenvalue weighted by molar-refractivity contribution is 0.523. The van der Waals surface area contributed by atoms with Gasteiger partial charge in [0.2, 0.25) is 0 Å². The Hall–Kier alpha value is -1.18. The van der Waals surface area contributed by atoms with Crippen LogP contribution in [0.15, 0.2) is 23.2 Å². The summed E-state index contributed by atoms with van der Waals surface area (Å²) < 4.78 is 0. The highest BCUT2D eigenvalue weighted by atomic mass is 35.5. The third-order valence-corrected chi connectivity index (χ3v) is 4.55. The molecule has 94 valence electrons. The van der Waals surface area contributed by atoms with Crippen LogP contribution in [-0.2, 0) is 0 Å². The van der Waals surface area contributed by atoms with Crippen molar-refractivity contribution >= 4 is 34.2 Å². The molecule has 0 aliphatic carbocycles.